The molecule has 2 unspecified atom stereocenters. The van der Waals surface area contributed by atoms with Gasteiger partial charge < -0.3 is 14.6 Å². The van der Waals surface area contributed by atoms with E-state index in [0.29, 0.717) is 28.0 Å². The SMILES string of the molecule is CCCCC(CC)CC(O)c1ccc(OC)c(OC)c1Cl. The summed E-state index contributed by atoms with van der Waals surface area (Å²) >= 11 is 6.35. The first-order valence-electron chi connectivity index (χ1n) is 7.67. The number of methoxy groups -OCH3 is 2. The van der Waals surface area contributed by atoms with E-state index in [-0.39, 0.29) is 0 Å². The molecule has 0 amide bonds. The van der Waals surface area contributed by atoms with Crippen molar-refractivity contribution in [1.82, 2.24) is 0 Å². The first-order valence-corrected chi connectivity index (χ1v) is 8.05. The van der Waals surface area contributed by atoms with E-state index < -0.39 is 6.10 Å². The van der Waals surface area contributed by atoms with Crippen LogP contribution in [0.1, 0.15) is 57.6 Å². The Morgan fingerprint density at radius 1 is 1.19 bits per heavy atom. The summed E-state index contributed by atoms with van der Waals surface area (Å²) in [5, 5.41) is 10.9. The summed E-state index contributed by atoms with van der Waals surface area (Å²) in [5.74, 6) is 1.58. The average molecular weight is 315 g/mol. The molecule has 0 saturated carbocycles. The number of unbranched alkanes of at least 4 members (excludes halogenated alkanes) is 1. The summed E-state index contributed by atoms with van der Waals surface area (Å²) in [6.45, 7) is 4.36. The van der Waals surface area contributed by atoms with Crippen molar-refractivity contribution >= 4 is 11.6 Å². The van der Waals surface area contributed by atoms with Gasteiger partial charge in [0.15, 0.2) is 11.5 Å². The fraction of sp³-hybridized carbons (Fsp3) is 0.647. The molecule has 0 bridgehead atoms. The third kappa shape index (κ3) is 4.79. The van der Waals surface area contributed by atoms with Crippen molar-refractivity contribution < 1.29 is 14.6 Å². The molecular formula is C17H27ClO3. The van der Waals surface area contributed by atoms with E-state index in [1.165, 1.54) is 12.8 Å². The monoisotopic (exact) mass is 314 g/mol. The van der Waals surface area contributed by atoms with Crippen molar-refractivity contribution in [2.75, 3.05) is 14.2 Å². The smallest absolute Gasteiger partial charge is 0.179 e. The number of aliphatic hydroxyl groups excluding tert-OH is 1. The minimum absolute atomic E-state index is 0.440. The highest BCUT2D eigenvalue weighted by Crippen LogP contribution is 2.41. The van der Waals surface area contributed by atoms with E-state index in [4.69, 9.17) is 21.1 Å². The molecule has 3 nitrogen and oxygen atoms in total. The number of halogens is 1. The first-order chi connectivity index (χ1) is 10.1. The van der Waals surface area contributed by atoms with Gasteiger partial charge in [0.05, 0.1) is 25.3 Å². The van der Waals surface area contributed by atoms with Gasteiger partial charge in [-0.2, -0.15) is 0 Å². The Hall–Kier alpha value is -0.930. The van der Waals surface area contributed by atoms with E-state index in [9.17, 15) is 5.11 Å². The van der Waals surface area contributed by atoms with Gasteiger partial charge in [0.25, 0.3) is 0 Å². The zero-order chi connectivity index (χ0) is 15.8. The number of benzene rings is 1. The summed E-state index contributed by atoms with van der Waals surface area (Å²) < 4.78 is 10.5. The van der Waals surface area contributed by atoms with Crippen molar-refractivity contribution in [3.63, 3.8) is 0 Å². The van der Waals surface area contributed by atoms with Gasteiger partial charge >= 0.3 is 0 Å². The summed E-state index contributed by atoms with van der Waals surface area (Å²) in [6.07, 6.45) is 4.76. The Bertz CT molecular complexity index is 434. The van der Waals surface area contributed by atoms with Crippen LogP contribution < -0.4 is 9.47 Å². The second kappa shape index (κ2) is 9.16. The van der Waals surface area contributed by atoms with Crippen LogP contribution in [0.3, 0.4) is 0 Å². The maximum atomic E-state index is 10.5. The van der Waals surface area contributed by atoms with E-state index in [0.717, 1.165) is 19.3 Å². The Balaban J connectivity index is 2.89. The van der Waals surface area contributed by atoms with Crippen molar-refractivity contribution in [3.8, 4) is 11.5 Å². The van der Waals surface area contributed by atoms with Crippen molar-refractivity contribution in [3.05, 3.63) is 22.7 Å². The Morgan fingerprint density at radius 3 is 2.43 bits per heavy atom. The number of aliphatic hydroxyl groups is 1. The van der Waals surface area contributed by atoms with Gasteiger partial charge in [0.1, 0.15) is 0 Å². The number of rotatable bonds is 9. The number of hydrogen-bond acceptors (Lipinski definition) is 3. The lowest BCUT2D eigenvalue weighted by molar-refractivity contribution is 0.139. The molecule has 1 aromatic carbocycles. The van der Waals surface area contributed by atoms with Gasteiger partial charge in [0.2, 0.25) is 0 Å². The van der Waals surface area contributed by atoms with Crippen LogP contribution in [0.5, 0.6) is 11.5 Å². The lowest BCUT2D eigenvalue weighted by Crippen LogP contribution is -2.08. The van der Waals surface area contributed by atoms with Crippen LogP contribution in [0.2, 0.25) is 5.02 Å². The van der Waals surface area contributed by atoms with Gasteiger partial charge in [-0.05, 0) is 18.4 Å². The van der Waals surface area contributed by atoms with Gasteiger partial charge in [0, 0.05) is 5.56 Å². The number of ether oxygens (including phenoxy) is 2. The molecule has 0 radical (unpaired) electrons. The van der Waals surface area contributed by atoms with Crippen LogP contribution in [0.4, 0.5) is 0 Å². The molecule has 0 aliphatic rings. The van der Waals surface area contributed by atoms with Gasteiger partial charge in [-0.1, -0.05) is 57.2 Å². The molecule has 2 atom stereocenters. The molecule has 0 saturated heterocycles. The minimum atomic E-state index is -0.570. The molecule has 0 aromatic heterocycles. The van der Waals surface area contributed by atoms with Crippen LogP contribution in [-0.4, -0.2) is 19.3 Å². The highest BCUT2D eigenvalue weighted by molar-refractivity contribution is 6.33. The average Bonchev–Trinajstić information content (AvgIpc) is 2.50. The summed E-state index contributed by atoms with van der Waals surface area (Å²) in [4.78, 5) is 0. The Kier molecular flexibility index (Phi) is 7.91. The molecule has 0 aliphatic heterocycles. The molecular weight excluding hydrogens is 288 g/mol. The van der Waals surface area contributed by atoms with Gasteiger partial charge in [-0.25, -0.2) is 0 Å². The molecule has 1 N–H and O–H groups in total. The van der Waals surface area contributed by atoms with E-state index in [1.807, 2.05) is 6.07 Å². The largest absolute Gasteiger partial charge is 0.493 e. The van der Waals surface area contributed by atoms with Crippen LogP contribution in [0, 0.1) is 5.92 Å². The zero-order valence-corrected chi connectivity index (χ0v) is 14.2. The normalized spacial score (nSPS) is 13.8. The topological polar surface area (TPSA) is 38.7 Å². The Morgan fingerprint density at radius 2 is 1.90 bits per heavy atom. The fourth-order valence-corrected chi connectivity index (χ4v) is 2.95. The highest BCUT2D eigenvalue weighted by atomic mass is 35.5. The van der Waals surface area contributed by atoms with Crippen molar-refractivity contribution in [2.45, 2.75) is 52.1 Å². The lowest BCUT2D eigenvalue weighted by Gasteiger charge is -2.21. The minimum Gasteiger partial charge on any atom is -0.493 e. The van der Waals surface area contributed by atoms with E-state index in [2.05, 4.69) is 13.8 Å². The molecule has 0 heterocycles. The molecule has 1 rings (SSSR count). The quantitative estimate of drug-likeness (QED) is 0.697. The molecule has 1 aromatic rings. The zero-order valence-electron chi connectivity index (χ0n) is 13.5. The summed E-state index contributed by atoms with van der Waals surface area (Å²) in [7, 11) is 3.12. The van der Waals surface area contributed by atoms with Gasteiger partial charge in [-0.3, -0.25) is 0 Å². The Labute approximate surface area is 133 Å². The van der Waals surface area contributed by atoms with Crippen molar-refractivity contribution in [1.29, 1.82) is 0 Å². The van der Waals surface area contributed by atoms with E-state index >= 15 is 0 Å². The second-order valence-corrected chi connectivity index (χ2v) is 5.75. The third-order valence-corrected chi connectivity index (χ3v) is 4.36. The fourth-order valence-electron chi connectivity index (χ4n) is 2.59. The van der Waals surface area contributed by atoms with E-state index in [1.54, 1.807) is 20.3 Å². The molecule has 0 spiro atoms. The maximum absolute atomic E-state index is 10.5. The lowest BCUT2D eigenvalue weighted by atomic mass is 9.90. The first kappa shape index (κ1) is 18.1. The van der Waals surface area contributed by atoms with Crippen molar-refractivity contribution in [2.24, 2.45) is 5.92 Å². The number of hydrogen-bond donors (Lipinski definition) is 1. The summed E-state index contributed by atoms with van der Waals surface area (Å²) in [6, 6.07) is 3.61. The maximum Gasteiger partial charge on any atom is 0.179 e. The van der Waals surface area contributed by atoms with Crippen LogP contribution >= 0.6 is 11.6 Å². The predicted molar refractivity (Wildman–Crippen MR) is 87.4 cm³/mol. The van der Waals surface area contributed by atoms with Crippen LogP contribution in [-0.2, 0) is 0 Å². The molecule has 0 aliphatic carbocycles. The summed E-state index contributed by atoms with van der Waals surface area (Å²) in [5.41, 5.74) is 0.712. The van der Waals surface area contributed by atoms with Gasteiger partial charge in [-0.15, -0.1) is 0 Å². The molecule has 4 heteroatoms. The van der Waals surface area contributed by atoms with Crippen LogP contribution in [0.25, 0.3) is 0 Å². The molecule has 21 heavy (non-hydrogen) atoms. The molecule has 0 fully saturated rings. The molecule has 120 valence electrons. The van der Waals surface area contributed by atoms with Crippen LogP contribution in [0.15, 0.2) is 12.1 Å². The standard InChI is InChI=1S/C17H27ClO3/c1-5-7-8-12(6-2)11-14(19)13-9-10-15(20-3)17(21-4)16(13)18/h9-10,12,14,19H,5-8,11H2,1-4H3. The second-order valence-electron chi connectivity index (χ2n) is 5.37. The third-order valence-electron chi connectivity index (χ3n) is 3.97. The predicted octanol–water partition coefficient (Wildman–Crippen LogP) is 5.00. The highest BCUT2D eigenvalue weighted by Gasteiger charge is 2.21.